The Morgan fingerprint density at radius 2 is 1.39 bits per heavy atom. The van der Waals surface area contributed by atoms with E-state index in [4.69, 9.17) is 4.74 Å². The second-order valence-electron chi connectivity index (χ2n) is 6.39. The van der Waals surface area contributed by atoms with Crippen molar-refractivity contribution in [2.24, 2.45) is 0 Å². The quantitative estimate of drug-likeness (QED) is 0.277. The van der Waals surface area contributed by atoms with Crippen molar-refractivity contribution in [2.45, 2.75) is 6.61 Å². The molecule has 0 amide bonds. The Bertz CT molecular complexity index is 1210. The average molecular weight is 410 g/mol. The standard InChI is InChI=1S/C23H15F2OS2/c24-20-13-16(27-23(20)25)14-26-15-9-11-17(12-10-15)28-21-7-3-1-5-18(21)19-6-2-4-8-22(19)28/h1-13H,14H2/q+1. The van der Waals surface area contributed by atoms with Gasteiger partial charge < -0.3 is 4.74 Å². The lowest BCUT2D eigenvalue weighted by atomic mass is 10.2. The Kier molecular flexibility index (Phi) is 4.34. The Balaban J connectivity index is 1.48. The van der Waals surface area contributed by atoms with E-state index in [1.807, 2.05) is 12.1 Å². The van der Waals surface area contributed by atoms with Crippen LogP contribution in [0.5, 0.6) is 5.75 Å². The molecule has 0 unspecified atom stereocenters. The zero-order valence-corrected chi connectivity index (χ0v) is 16.3. The molecule has 5 heteroatoms. The highest BCUT2D eigenvalue weighted by Crippen LogP contribution is 2.48. The molecule has 0 N–H and O–H groups in total. The van der Waals surface area contributed by atoms with Gasteiger partial charge in [0.2, 0.25) is 5.13 Å². The lowest BCUT2D eigenvalue weighted by molar-refractivity contribution is 0.309. The van der Waals surface area contributed by atoms with Gasteiger partial charge in [0, 0.05) is 38.3 Å². The van der Waals surface area contributed by atoms with Gasteiger partial charge in [0.05, 0.1) is 0 Å². The molecule has 5 rings (SSSR count). The molecule has 0 aliphatic carbocycles. The van der Waals surface area contributed by atoms with Gasteiger partial charge in [0.25, 0.3) is 0 Å². The van der Waals surface area contributed by atoms with Crippen LogP contribution >= 0.6 is 21.8 Å². The molecule has 1 nitrogen and oxygen atoms in total. The molecular formula is C23H15F2OS2+. The minimum Gasteiger partial charge on any atom is -0.488 e. The van der Waals surface area contributed by atoms with Crippen molar-refractivity contribution in [1.29, 1.82) is 0 Å². The molecule has 0 aliphatic heterocycles. The number of hydrogen-bond donors (Lipinski definition) is 0. The van der Waals surface area contributed by atoms with Crippen molar-refractivity contribution in [3.05, 3.63) is 94.7 Å². The lowest BCUT2D eigenvalue weighted by Crippen LogP contribution is -1.92. The molecule has 0 spiro atoms. The van der Waals surface area contributed by atoms with Crippen LogP contribution in [0.15, 0.2) is 78.9 Å². The number of benzene rings is 3. The van der Waals surface area contributed by atoms with E-state index in [1.54, 1.807) is 0 Å². The van der Waals surface area contributed by atoms with Gasteiger partial charge in [-0.1, -0.05) is 24.3 Å². The molecule has 0 aliphatic rings. The molecule has 5 aromatic rings. The van der Waals surface area contributed by atoms with Gasteiger partial charge in [-0.05, 0) is 42.5 Å². The number of thiophene rings is 2. The van der Waals surface area contributed by atoms with Gasteiger partial charge in [0.1, 0.15) is 12.4 Å². The molecule has 138 valence electrons. The van der Waals surface area contributed by atoms with Crippen LogP contribution in [0, 0.1) is 10.9 Å². The minimum atomic E-state index is -0.821. The van der Waals surface area contributed by atoms with Crippen molar-refractivity contribution in [1.82, 2.24) is 0 Å². The van der Waals surface area contributed by atoms with Crippen LogP contribution in [0.2, 0.25) is 0 Å². The number of ether oxygens (including phenoxy) is 1. The van der Waals surface area contributed by atoms with Crippen LogP contribution in [0.4, 0.5) is 8.78 Å². The normalized spacial score (nSPS) is 11.4. The first-order valence-electron chi connectivity index (χ1n) is 8.80. The van der Waals surface area contributed by atoms with E-state index in [-0.39, 0.29) is 17.1 Å². The largest absolute Gasteiger partial charge is 0.488 e. The Morgan fingerprint density at radius 1 is 0.786 bits per heavy atom. The minimum absolute atomic E-state index is 0.141. The van der Waals surface area contributed by atoms with Gasteiger partial charge in [-0.25, -0.2) is 4.39 Å². The molecular weight excluding hydrogens is 394 g/mol. The Hall–Kier alpha value is -2.76. The summed E-state index contributed by atoms with van der Waals surface area (Å²) in [6, 6.07) is 26.3. The van der Waals surface area contributed by atoms with Crippen molar-refractivity contribution < 1.29 is 13.5 Å². The molecule has 2 aromatic heterocycles. The summed E-state index contributed by atoms with van der Waals surface area (Å²) in [5, 5.41) is 1.79. The van der Waals surface area contributed by atoms with E-state index in [2.05, 4.69) is 60.7 Å². The highest BCUT2D eigenvalue weighted by molar-refractivity contribution is 7.50. The van der Waals surface area contributed by atoms with Crippen LogP contribution in [-0.2, 0) is 6.61 Å². The summed E-state index contributed by atoms with van der Waals surface area (Å²) < 4.78 is 34.6. The number of rotatable bonds is 4. The van der Waals surface area contributed by atoms with E-state index >= 15 is 0 Å². The fourth-order valence-electron chi connectivity index (χ4n) is 3.40. The summed E-state index contributed by atoms with van der Waals surface area (Å²) >= 11 is 0.776. The third kappa shape index (κ3) is 2.97. The first kappa shape index (κ1) is 17.3. The Morgan fingerprint density at radius 3 is 1.96 bits per heavy atom. The maximum atomic E-state index is 13.1. The third-order valence-electron chi connectivity index (χ3n) is 4.64. The predicted molar refractivity (Wildman–Crippen MR) is 114 cm³/mol. The summed E-state index contributed by atoms with van der Waals surface area (Å²) in [5.41, 5.74) is 0. The number of halogens is 2. The van der Waals surface area contributed by atoms with Gasteiger partial charge in [0.15, 0.2) is 20.1 Å². The van der Waals surface area contributed by atoms with Crippen molar-refractivity contribution >= 4 is 42.0 Å². The van der Waals surface area contributed by atoms with E-state index < -0.39 is 10.9 Å². The molecule has 0 fully saturated rings. The predicted octanol–water partition coefficient (Wildman–Crippen LogP) is 7.65. The molecule has 0 atom stereocenters. The highest BCUT2D eigenvalue weighted by atomic mass is 32.2. The summed E-state index contributed by atoms with van der Waals surface area (Å²) in [6.07, 6.45) is 0. The van der Waals surface area contributed by atoms with E-state index in [9.17, 15) is 8.78 Å². The zero-order chi connectivity index (χ0) is 19.1. The van der Waals surface area contributed by atoms with Gasteiger partial charge in [-0.15, -0.1) is 11.3 Å². The molecule has 0 bridgehead atoms. The van der Waals surface area contributed by atoms with Crippen molar-refractivity contribution in [2.75, 3.05) is 0 Å². The molecule has 0 radical (unpaired) electrons. The van der Waals surface area contributed by atoms with Crippen molar-refractivity contribution in [3.63, 3.8) is 0 Å². The maximum Gasteiger partial charge on any atom is 0.212 e. The van der Waals surface area contributed by atoms with Crippen LogP contribution in [0.3, 0.4) is 0 Å². The summed E-state index contributed by atoms with van der Waals surface area (Å²) in [4.78, 5) is 1.75. The number of hydrogen-bond acceptors (Lipinski definition) is 2. The van der Waals surface area contributed by atoms with Crippen LogP contribution in [0.1, 0.15) is 4.88 Å². The summed E-state index contributed by atoms with van der Waals surface area (Å²) in [6.45, 7) is 0.155. The summed E-state index contributed by atoms with van der Waals surface area (Å²) in [5.74, 6) is -0.138. The summed E-state index contributed by atoms with van der Waals surface area (Å²) in [7, 11) is -0.141. The van der Waals surface area contributed by atoms with E-state index in [0.29, 0.717) is 10.6 Å². The first-order valence-corrected chi connectivity index (χ1v) is 10.8. The molecule has 2 heterocycles. The lowest BCUT2D eigenvalue weighted by Gasteiger charge is -2.04. The molecule has 28 heavy (non-hydrogen) atoms. The van der Waals surface area contributed by atoms with Crippen molar-refractivity contribution in [3.8, 4) is 10.6 Å². The monoisotopic (exact) mass is 409 g/mol. The maximum absolute atomic E-state index is 13.1. The Labute approximate surface area is 167 Å². The fourth-order valence-corrected chi connectivity index (χ4v) is 6.44. The zero-order valence-electron chi connectivity index (χ0n) is 14.7. The first-order chi connectivity index (χ1) is 13.7. The average Bonchev–Trinajstić information content (AvgIpc) is 3.24. The topological polar surface area (TPSA) is 9.23 Å². The van der Waals surface area contributed by atoms with E-state index in [1.165, 1.54) is 31.1 Å². The third-order valence-corrected chi connectivity index (χ3v) is 7.85. The molecule has 0 saturated heterocycles. The van der Waals surface area contributed by atoms with Crippen LogP contribution in [0.25, 0.3) is 25.1 Å². The van der Waals surface area contributed by atoms with Crippen LogP contribution in [-0.4, -0.2) is 0 Å². The highest BCUT2D eigenvalue weighted by Gasteiger charge is 2.22. The number of fused-ring (bicyclic) bond motifs is 3. The second kappa shape index (κ2) is 7.00. The SMILES string of the molecule is Fc1cc(COc2ccc(-[s+]3c4ccccc4c4ccccc43)cc2)sc1F. The van der Waals surface area contributed by atoms with E-state index in [0.717, 1.165) is 11.3 Å². The smallest absolute Gasteiger partial charge is 0.212 e. The van der Waals surface area contributed by atoms with Crippen LogP contribution < -0.4 is 4.74 Å². The van der Waals surface area contributed by atoms with Gasteiger partial charge in [-0.2, -0.15) is 4.39 Å². The van der Waals surface area contributed by atoms with Gasteiger partial charge >= 0.3 is 0 Å². The fraction of sp³-hybridized carbons (Fsp3) is 0.0435. The second-order valence-corrected chi connectivity index (χ2v) is 9.44. The molecule has 3 aromatic carbocycles. The van der Waals surface area contributed by atoms with Gasteiger partial charge in [-0.3, -0.25) is 0 Å². The molecule has 0 saturated carbocycles.